The number of nitrogens with zero attached hydrogens (tertiary/aromatic N) is 2. The third-order valence-electron chi connectivity index (χ3n) is 1.84. The lowest BCUT2D eigenvalue weighted by molar-refractivity contribution is -0.421. The smallest absolute Gasteiger partial charge is 0.368 e. The SMILES string of the molecule is CC(C)Nc1cccc([N+](=O)[O-])c1[N+](=O)[O-]. The molecular weight excluding hydrogens is 214 g/mol. The molecule has 0 bridgehead atoms. The predicted molar refractivity (Wildman–Crippen MR) is 58.5 cm³/mol. The number of nitrogens with one attached hydrogen (secondary N) is 1. The van der Waals surface area contributed by atoms with Crippen LogP contribution in [0.25, 0.3) is 0 Å². The average Bonchev–Trinajstić information content (AvgIpc) is 2.15. The van der Waals surface area contributed by atoms with Crippen LogP contribution in [0.2, 0.25) is 0 Å². The third-order valence-corrected chi connectivity index (χ3v) is 1.84. The third kappa shape index (κ3) is 2.44. The van der Waals surface area contributed by atoms with Crippen molar-refractivity contribution in [3.8, 4) is 0 Å². The Morgan fingerprint density at radius 3 is 2.25 bits per heavy atom. The van der Waals surface area contributed by atoms with Crippen LogP contribution >= 0.6 is 0 Å². The number of para-hydroxylation sites is 1. The molecule has 0 aromatic heterocycles. The summed E-state index contributed by atoms with van der Waals surface area (Å²) >= 11 is 0. The summed E-state index contributed by atoms with van der Waals surface area (Å²) in [6.45, 7) is 3.59. The van der Waals surface area contributed by atoms with E-state index in [4.69, 9.17) is 0 Å². The highest BCUT2D eigenvalue weighted by molar-refractivity contribution is 5.71. The highest BCUT2D eigenvalue weighted by atomic mass is 16.6. The van der Waals surface area contributed by atoms with Gasteiger partial charge in [-0.25, -0.2) is 0 Å². The fourth-order valence-corrected chi connectivity index (χ4v) is 1.30. The summed E-state index contributed by atoms with van der Waals surface area (Å²) in [5.74, 6) is 0. The maximum absolute atomic E-state index is 10.8. The van der Waals surface area contributed by atoms with Crippen LogP contribution < -0.4 is 5.32 Å². The molecule has 0 radical (unpaired) electrons. The topological polar surface area (TPSA) is 98.3 Å². The molecule has 16 heavy (non-hydrogen) atoms. The molecule has 0 spiro atoms. The fourth-order valence-electron chi connectivity index (χ4n) is 1.30. The molecule has 0 heterocycles. The van der Waals surface area contributed by atoms with Gasteiger partial charge in [0.1, 0.15) is 5.69 Å². The number of rotatable bonds is 4. The molecule has 0 atom stereocenters. The van der Waals surface area contributed by atoms with Crippen LogP contribution in [0.4, 0.5) is 17.1 Å². The van der Waals surface area contributed by atoms with E-state index in [0.717, 1.165) is 6.07 Å². The van der Waals surface area contributed by atoms with Crippen molar-refractivity contribution >= 4 is 17.1 Å². The summed E-state index contributed by atoms with van der Waals surface area (Å²) in [7, 11) is 0. The van der Waals surface area contributed by atoms with E-state index in [-0.39, 0.29) is 11.7 Å². The zero-order valence-electron chi connectivity index (χ0n) is 8.84. The summed E-state index contributed by atoms with van der Waals surface area (Å²) in [5.41, 5.74) is -0.842. The minimum atomic E-state index is -0.760. The summed E-state index contributed by atoms with van der Waals surface area (Å²) in [6.07, 6.45) is 0. The van der Waals surface area contributed by atoms with E-state index in [2.05, 4.69) is 5.32 Å². The molecule has 0 aliphatic carbocycles. The second-order valence-corrected chi connectivity index (χ2v) is 3.49. The summed E-state index contributed by atoms with van der Waals surface area (Å²) in [4.78, 5) is 19.9. The Kier molecular flexibility index (Phi) is 3.39. The molecule has 1 aromatic carbocycles. The van der Waals surface area contributed by atoms with Crippen molar-refractivity contribution in [3.05, 3.63) is 38.4 Å². The van der Waals surface area contributed by atoms with Gasteiger partial charge >= 0.3 is 11.4 Å². The number of hydrogen-bond donors (Lipinski definition) is 1. The van der Waals surface area contributed by atoms with Crippen molar-refractivity contribution in [1.29, 1.82) is 0 Å². The van der Waals surface area contributed by atoms with Crippen molar-refractivity contribution in [2.75, 3.05) is 5.32 Å². The van der Waals surface area contributed by atoms with Gasteiger partial charge in [0.25, 0.3) is 0 Å². The van der Waals surface area contributed by atoms with E-state index >= 15 is 0 Å². The maximum atomic E-state index is 10.8. The molecule has 1 rings (SSSR count). The molecule has 1 N–H and O–H groups in total. The predicted octanol–water partition coefficient (Wildman–Crippen LogP) is 2.32. The van der Waals surface area contributed by atoms with Crippen molar-refractivity contribution in [2.24, 2.45) is 0 Å². The van der Waals surface area contributed by atoms with E-state index in [1.54, 1.807) is 13.8 Å². The first-order chi connectivity index (χ1) is 7.43. The number of nitro groups is 2. The number of benzene rings is 1. The van der Waals surface area contributed by atoms with Crippen LogP contribution in [0.15, 0.2) is 18.2 Å². The first-order valence-corrected chi connectivity index (χ1v) is 4.61. The molecule has 0 saturated carbocycles. The molecule has 0 aliphatic heterocycles. The van der Waals surface area contributed by atoms with Gasteiger partial charge in [-0.1, -0.05) is 6.07 Å². The molecular formula is C9H11N3O4. The van der Waals surface area contributed by atoms with Crippen molar-refractivity contribution in [1.82, 2.24) is 0 Å². The Morgan fingerprint density at radius 1 is 1.19 bits per heavy atom. The summed E-state index contributed by atoms with van der Waals surface area (Å²) < 4.78 is 0. The van der Waals surface area contributed by atoms with Gasteiger partial charge in [-0.3, -0.25) is 20.2 Å². The van der Waals surface area contributed by atoms with Crippen LogP contribution in [0.3, 0.4) is 0 Å². The van der Waals surface area contributed by atoms with Crippen LogP contribution in [-0.4, -0.2) is 15.9 Å². The van der Waals surface area contributed by atoms with Crippen molar-refractivity contribution < 1.29 is 9.85 Å². The highest BCUT2D eigenvalue weighted by Gasteiger charge is 2.28. The maximum Gasteiger partial charge on any atom is 0.368 e. The van der Waals surface area contributed by atoms with E-state index in [1.165, 1.54) is 12.1 Å². The summed E-state index contributed by atoms with van der Waals surface area (Å²) in [5, 5.41) is 24.2. The van der Waals surface area contributed by atoms with Gasteiger partial charge in [-0.2, -0.15) is 0 Å². The molecule has 0 saturated heterocycles. The number of nitro benzene ring substituents is 2. The van der Waals surface area contributed by atoms with Crippen LogP contribution in [-0.2, 0) is 0 Å². The van der Waals surface area contributed by atoms with E-state index in [0.29, 0.717) is 0 Å². The molecule has 7 heteroatoms. The normalized spacial score (nSPS) is 10.2. The Morgan fingerprint density at radius 2 is 1.81 bits per heavy atom. The molecule has 0 fully saturated rings. The lowest BCUT2D eigenvalue weighted by Crippen LogP contribution is -2.12. The van der Waals surface area contributed by atoms with E-state index in [1.807, 2.05) is 0 Å². The monoisotopic (exact) mass is 225 g/mol. The Hall–Kier alpha value is -2.18. The molecule has 86 valence electrons. The van der Waals surface area contributed by atoms with Gasteiger partial charge in [-0.05, 0) is 19.9 Å². The molecule has 0 unspecified atom stereocenters. The molecule has 7 nitrogen and oxygen atoms in total. The van der Waals surface area contributed by atoms with Gasteiger partial charge in [-0.15, -0.1) is 0 Å². The van der Waals surface area contributed by atoms with Gasteiger partial charge in [0.2, 0.25) is 0 Å². The standard InChI is InChI=1S/C9H11N3O4/c1-6(2)10-7-4-3-5-8(11(13)14)9(7)12(15)16/h3-6,10H,1-2H3. The van der Waals surface area contributed by atoms with Crippen molar-refractivity contribution in [3.63, 3.8) is 0 Å². The first-order valence-electron chi connectivity index (χ1n) is 4.61. The minimum Gasteiger partial charge on any atom is -0.377 e. The molecule has 1 aromatic rings. The van der Waals surface area contributed by atoms with E-state index < -0.39 is 21.2 Å². The van der Waals surface area contributed by atoms with Crippen LogP contribution in [0.5, 0.6) is 0 Å². The Balaban J connectivity index is 3.32. The summed E-state index contributed by atoms with van der Waals surface area (Å²) in [6, 6.07) is 3.94. The zero-order valence-corrected chi connectivity index (χ0v) is 8.84. The first kappa shape index (κ1) is 11.9. The van der Waals surface area contributed by atoms with Gasteiger partial charge < -0.3 is 5.32 Å². The van der Waals surface area contributed by atoms with Gasteiger partial charge in [0, 0.05) is 12.1 Å². The largest absolute Gasteiger partial charge is 0.377 e. The Bertz CT molecular complexity index is 431. The number of hydrogen-bond acceptors (Lipinski definition) is 5. The quantitative estimate of drug-likeness (QED) is 0.626. The van der Waals surface area contributed by atoms with Gasteiger partial charge in [0.15, 0.2) is 0 Å². The second kappa shape index (κ2) is 4.56. The minimum absolute atomic E-state index is 0.0410. The van der Waals surface area contributed by atoms with Gasteiger partial charge in [0.05, 0.1) is 9.85 Å². The van der Waals surface area contributed by atoms with Crippen LogP contribution in [0.1, 0.15) is 13.8 Å². The fraction of sp³-hybridized carbons (Fsp3) is 0.333. The highest BCUT2D eigenvalue weighted by Crippen LogP contribution is 2.34. The second-order valence-electron chi connectivity index (χ2n) is 3.49. The van der Waals surface area contributed by atoms with Crippen LogP contribution in [0, 0.1) is 20.2 Å². The number of anilines is 1. The Labute approximate surface area is 91.4 Å². The lowest BCUT2D eigenvalue weighted by Gasteiger charge is -2.09. The average molecular weight is 225 g/mol. The zero-order chi connectivity index (χ0) is 12.3. The molecule has 0 aliphatic rings. The molecule has 0 amide bonds. The van der Waals surface area contributed by atoms with E-state index in [9.17, 15) is 20.2 Å². The van der Waals surface area contributed by atoms with Crippen molar-refractivity contribution in [2.45, 2.75) is 19.9 Å². The lowest BCUT2D eigenvalue weighted by atomic mass is 10.2.